The molecule has 0 amide bonds. The first-order valence-electron chi connectivity index (χ1n) is 10.2. The van der Waals surface area contributed by atoms with Gasteiger partial charge in [-0.05, 0) is 29.3 Å². The monoisotopic (exact) mass is 456 g/mol. The van der Waals surface area contributed by atoms with Gasteiger partial charge in [0.2, 0.25) is 10.0 Å². The fraction of sp³-hybridized carbons (Fsp3) is 0.250. The quantitative estimate of drug-likeness (QED) is 0.550. The van der Waals surface area contributed by atoms with Crippen LogP contribution < -0.4 is 4.74 Å². The number of hydrogen-bond acceptors (Lipinski definition) is 4. The lowest BCUT2D eigenvalue weighted by Crippen LogP contribution is -2.49. The van der Waals surface area contributed by atoms with Crippen LogP contribution in [0.3, 0.4) is 0 Å². The van der Waals surface area contributed by atoms with E-state index in [0.717, 1.165) is 0 Å². The number of methoxy groups -OCH3 is 1. The fourth-order valence-corrected chi connectivity index (χ4v) is 5.81. The van der Waals surface area contributed by atoms with Gasteiger partial charge in [-0.15, -0.1) is 0 Å². The van der Waals surface area contributed by atoms with Crippen molar-refractivity contribution in [2.24, 2.45) is 0 Å². The maximum Gasteiger partial charge on any atom is 0.243 e. The van der Waals surface area contributed by atoms with Gasteiger partial charge in [0.1, 0.15) is 5.75 Å². The Morgan fingerprint density at radius 2 is 1.39 bits per heavy atom. The summed E-state index contributed by atoms with van der Waals surface area (Å²) in [4.78, 5) is 2.53. The third kappa shape index (κ3) is 4.62. The van der Waals surface area contributed by atoms with Crippen LogP contribution in [-0.4, -0.2) is 50.9 Å². The molecule has 1 fully saturated rings. The van der Waals surface area contributed by atoms with Crippen LogP contribution in [0, 0.1) is 0 Å². The Labute approximate surface area is 188 Å². The van der Waals surface area contributed by atoms with Crippen LogP contribution in [0.4, 0.5) is 0 Å². The SMILES string of the molecule is COc1ccc(S(=O)(=O)N2CCN(C(c3ccccc3)c3ccccc3)CC2)cc1Cl. The number of halogens is 1. The summed E-state index contributed by atoms with van der Waals surface area (Å²) in [7, 11) is -2.12. The van der Waals surface area contributed by atoms with Gasteiger partial charge in [-0.25, -0.2) is 8.42 Å². The molecule has 31 heavy (non-hydrogen) atoms. The Hall–Kier alpha value is -2.38. The van der Waals surface area contributed by atoms with Crippen LogP contribution in [0.1, 0.15) is 17.2 Å². The predicted molar refractivity (Wildman–Crippen MR) is 123 cm³/mol. The number of nitrogens with zero attached hydrogens (tertiary/aromatic N) is 2. The molecule has 1 heterocycles. The third-order valence-electron chi connectivity index (χ3n) is 5.63. The number of rotatable bonds is 6. The summed E-state index contributed by atoms with van der Waals surface area (Å²) in [5.41, 5.74) is 2.40. The maximum atomic E-state index is 13.2. The smallest absolute Gasteiger partial charge is 0.243 e. The van der Waals surface area contributed by atoms with E-state index in [4.69, 9.17) is 16.3 Å². The third-order valence-corrected chi connectivity index (χ3v) is 7.82. The Morgan fingerprint density at radius 1 is 0.839 bits per heavy atom. The molecule has 0 saturated carbocycles. The van der Waals surface area contributed by atoms with Crippen molar-refractivity contribution in [3.05, 3.63) is 95.0 Å². The van der Waals surface area contributed by atoms with E-state index in [1.165, 1.54) is 28.6 Å². The van der Waals surface area contributed by atoms with Gasteiger partial charge in [0.25, 0.3) is 0 Å². The Kier molecular flexibility index (Phi) is 6.62. The van der Waals surface area contributed by atoms with E-state index in [-0.39, 0.29) is 16.0 Å². The van der Waals surface area contributed by atoms with Gasteiger partial charge in [0, 0.05) is 26.2 Å². The summed E-state index contributed by atoms with van der Waals surface area (Å²) in [5, 5.41) is 0.287. The van der Waals surface area contributed by atoms with E-state index >= 15 is 0 Å². The number of ether oxygens (including phenoxy) is 1. The molecule has 162 valence electrons. The lowest BCUT2D eigenvalue weighted by Gasteiger charge is -2.39. The van der Waals surface area contributed by atoms with Gasteiger partial charge >= 0.3 is 0 Å². The van der Waals surface area contributed by atoms with Crippen LogP contribution in [0.5, 0.6) is 5.75 Å². The Balaban J connectivity index is 1.54. The molecule has 7 heteroatoms. The summed E-state index contributed by atoms with van der Waals surface area (Å²) >= 11 is 6.16. The van der Waals surface area contributed by atoms with Gasteiger partial charge < -0.3 is 4.74 Å². The second-order valence-corrected chi connectivity index (χ2v) is 9.81. The lowest BCUT2D eigenvalue weighted by molar-refractivity contribution is 0.156. The summed E-state index contributed by atoms with van der Waals surface area (Å²) in [6.07, 6.45) is 0. The first kappa shape index (κ1) is 21.8. The highest BCUT2D eigenvalue weighted by atomic mass is 35.5. The van der Waals surface area contributed by atoms with Crippen molar-refractivity contribution in [1.29, 1.82) is 0 Å². The second-order valence-electron chi connectivity index (χ2n) is 7.46. The van der Waals surface area contributed by atoms with Crippen molar-refractivity contribution < 1.29 is 13.2 Å². The second kappa shape index (κ2) is 9.40. The van der Waals surface area contributed by atoms with Gasteiger partial charge in [-0.2, -0.15) is 4.31 Å². The highest BCUT2D eigenvalue weighted by Crippen LogP contribution is 2.32. The van der Waals surface area contributed by atoms with Crippen molar-refractivity contribution in [1.82, 2.24) is 9.21 Å². The zero-order valence-electron chi connectivity index (χ0n) is 17.3. The van der Waals surface area contributed by atoms with Crippen molar-refractivity contribution in [3.8, 4) is 5.75 Å². The molecule has 0 N–H and O–H groups in total. The molecule has 0 aromatic heterocycles. The van der Waals surface area contributed by atoms with E-state index in [1.54, 1.807) is 12.1 Å². The summed E-state index contributed by atoms with van der Waals surface area (Å²) in [6, 6.07) is 25.4. The fourth-order valence-electron chi connectivity index (χ4n) is 4.04. The van der Waals surface area contributed by atoms with Crippen LogP contribution in [0.25, 0.3) is 0 Å². The lowest BCUT2D eigenvalue weighted by atomic mass is 9.96. The van der Waals surface area contributed by atoms with Crippen molar-refractivity contribution in [3.63, 3.8) is 0 Å². The zero-order valence-corrected chi connectivity index (χ0v) is 18.9. The molecule has 0 unspecified atom stereocenters. The molecule has 4 rings (SSSR count). The van der Waals surface area contributed by atoms with Crippen LogP contribution in [-0.2, 0) is 10.0 Å². The maximum absolute atomic E-state index is 13.2. The standard InChI is InChI=1S/C24H25ClN2O3S/c1-30-23-13-12-21(18-22(23)25)31(28,29)27-16-14-26(15-17-27)24(19-8-4-2-5-9-19)20-10-6-3-7-11-20/h2-13,18,24H,14-17H2,1H3. The summed E-state index contributed by atoms with van der Waals surface area (Å²) in [5.74, 6) is 0.457. The topological polar surface area (TPSA) is 49.9 Å². The molecule has 1 aliphatic rings. The Bertz CT molecular complexity index is 1080. The molecule has 0 bridgehead atoms. The molecule has 0 atom stereocenters. The van der Waals surface area contributed by atoms with Crippen molar-refractivity contribution >= 4 is 21.6 Å². The van der Waals surface area contributed by atoms with Crippen molar-refractivity contribution in [2.75, 3.05) is 33.3 Å². The van der Waals surface area contributed by atoms with Gasteiger partial charge in [-0.3, -0.25) is 4.90 Å². The molecular formula is C24H25ClN2O3S. The molecule has 1 saturated heterocycles. The number of hydrogen-bond donors (Lipinski definition) is 0. The van der Waals surface area contributed by atoms with Crippen LogP contribution >= 0.6 is 11.6 Å². The van der Waals surface area contributed by atoms with Crippen LogP contribution in [0.15, 0.2) is 83.8 Å². The number of piperazine rings is 1. The molecule has 0 spiro atoms. The molecule has 1 aliphatic heterocycles. The van der Waals surface area contributed by atoms with Crippen molar-refractivity contribution in [2.45, 2.75) is 10.9 Å². The highest BCUT2D eigenvalue weighted by Gasteiger charge is 2.32. The average Bonchev–Trinajstić information content (AvgIpc) is 2.81. The summed E-state index contributed by atoms with van der Waals surface area (Å²) < 4.78 is 33.0. The summed E-state index contributed by atoms with van der Waals surface area (Å²) in [6.45, 7) is 2.11. The molecule has 3 aromatic carbocycles. The van der Waals surface area contributed by atoms with E-state index in [9.17, 15) is 8.42 Å². The minimum Gasteiger partial charge on any atom is -0.495 e. The highest BCUT2D eigenvalue weighted by molar-refractivity contribution is 7.89. The minimum absolute atomic E-state index is 0.0858. The Morgan fingerprint density at radius 3 is 1.87 bits per heavy atom. The van der Waals surface area contributed by atoms with Crippen LogP contribution in [0.2, 0.25) is 5.02 Å². The minimum atomic E-state index is -3.62. The molecular weight excluding hydrogens is 432 g/mol. The molecule has 5 nitrogen and oxygen atoms in total. The average molecular weight is 457 g/mol. The zero-order chi connectivity index (χ0) is 21.8. The van der Waals surface area contributed by atoms with E-state index in [0.29, 0.717) is 31.9 Å². The van der Waals surface area contributed by atoms with Gasteiger partial charge in [0.15, 0.2) is 0 Å². The normalized spacial score (nSPS) is 15.8. The molecule has 0 radical (unpaired) electrons. The first-order chi connectivity index (χ1) is 15.0. The van der Waals surface area contributed by atoms with E-state index in [2.05, 4.69) is 29.2 Å². The van der Waals surface area contributed by atoms with Gasteiger partial charge in [0.05, 0.1) is 23.1 Å². The van der Waals surface area contributed by atoms with E-state index < -0.39 is 10.0 Å². The first-order valence-corrected chi connectivity index (χ1v) is 12.0. The number of benzene rings is 3. The van der Waals surface area contributed by atoms with E-state index in [1.807, 2.05) is 36.4 Å². The number of sulfonamides is 1. The largest absolute Gasteiger partial charge is 0.495 e. The molecule has 0 aliphatic carbocycles. The molecule has 3 aromatic rings. The predicted octanol–water partition coefficient (Wildman–Crippen LogP) is 4.44. The van der Waals surface area contributed by atoms with Gasteiger partial charge in [-0.1, -0.05) is 72.3 Å².